The van der Waals surface area contributed by atoms with Gasteiger partial charge >= 0.3 is 0 Å². The molecule has 0 atom stereocenters. The van der Waals surface area contributed by atoms with E-state index in [0.29, 0.717) is 18.2 Å². The molecule has 0 radical (unpaired) electrons. The number of rotatable bonds is 6. The fourth-order valence-corrected chi connectivity index (χ4v) is 6.31. The summed E-state index contributed by atoms with van der Waals surface area (Å²) in [5, 5.41) is 12.6. The Labute approximate surface area is 185 Å². The van der Waals surface area contributed by atoms with E-state index in [1.165, 1.54) is 40.7 Å². The topological polar surface area (TPSA) is 101 Å². The van der Waals surface area contributed by atoms with Crippen molar-refractivity contribution in [2.24, 2.45) is 0 Å². The lowest BCUT2D eigenvalue weighted by molar-refractivity contribution is -0.129. The van der Waals surface area contributed by atoms with Gasteiger partial charge in [0.15, 0.2) is 0 Å². The zero-order valence-electron chi connectivity index (χ0n) is 17.1. The van der Waals surface area contributed by atoms with Crippen LogP contribution < -0.4 is 0 Å². The Morgan fingerprint density at radius 3 is 2.58 bits per heavy atom. The first-order chi connectivity index (χ1) is 14.9. The Morgan fingerprint density at radius 2 is 1.87 bits per heavy atom. The van der Waals surface area contributed by atoms with E-state index in [4.69, 9.17) is 0 Å². The summed E-state index contributed by atoms with van der Waals surface area (Å²) >= 11 is 1.32. The zero-order valence-corrected chi connectivity index (χ0v) is 18.7. The number of halogens is 1. The van der Waals surface area contributed by atoms with E-state index in [1.54, 1.807) is 4.90 Å². The Morgan fingerprint density at radius 1 is 1.13 bits per heavy atom. The van der Waals surface area contributed by atoms with Crippen molar-refractivity contribution in [3.8, 4) is 0 Å². The minimum absolute atomic E-state index is 0.0719. The number of sulfonamides is 1. The number of thioether (sulfide) groups is 1. The second kappa shape index (κ2) is 9.61. The van der Waals surface area contributed by atoms with Crippen LogP contribution in [0.5, 0.6) is 0 Å². The minimum atomic E-state index is -3.78. The summed E-state index contributed by atoms with van der Waals surface area (Å²) in [7, 11) is -3.78. The van der Waals surface area contributed by atoms with Crippen molar-refractivity contribution < 1.29 is 17.6 Å². The number of tetrazole rings is 1. The molecule has 31 heavy (non-hydrogen) atoms. The molecule has 2 aromatic rings. The van der Waals surface area contributed by atoms with Crippen molar-refractivity contribution in [2.45, 2.75) is 48.2 Å². The number of hydrogen-bond donors (Lipinski definition) is 0. The summed E-state index contributed by atoms with van der Waals surface area (Å²) in [4.78, 5) is 14.2. The van der Waals surface area contributed by atoms with E-state index in [-0.39, 0.29) is 35.7 Å². The van der Waals surface area contributed by atoms with E-state index >= 15 is 0 Å². The number of benzene rings is 1. The maximum absolute atomic E-state index is 13.4. The van der Waals surface area contributed by atoms with E-state index in [9.17, 15) is 17.6 Å². The summed E-state index contributed by atoms with van der Waals surface area (Å²) in [6.07, 6.45) is 5.66. The molecule has 1 saturated carbocycles. The number of hydrogen-bond acceptors (Lipinski definition) is 7. The van der Waals surface area contributed by atoms with Gasteiger partial charge in [-0.2, -0.15) is 4.31 Å². The number of carbonyl (C=O) groups is 1. The summed E-state index contributed by atoms with van der Waals surface area (Å²) in [5.74, 6) is -0.475. The lowest BCUT2D eigenvalue weighted by Gasteiger charge is -2.34. The molecule has 1 aromatic carbocycles. The van der Waals surface area contributed by atoms with Gasteiger partial charge in [0.1, 0.15) is 5.82 Å². The van der Waals surface area contributed by atoms with Crippen molar-refractivity contribution >= 4 is 27.7 Å². The van der Waals surface area contributed by atoms with Crippen molar-refractivity contribution in [3.05, 3.63) is 30.1 Å². The first kappa shape index (κ1) is 22.2. The molecule has 9 nitrogen and oxygen atoms in total. The van der Waals surface area contributed by atoms with Crippen LogP contribution in [0.25, 0.3) is 0 Å². The van der Waals surface area contributed by atoms with Crippen molar-refractivity contribution in [3.63, 3.8) is 0 Å². The second-order valence-corrected chi connectivity index (χ2v) is 10.6. The Hall–Kier alpha value is -2.05. The SMILES string of the molecule is O=C(CSc1nnnn1C1CCCCC1)N1CCN(S(=O)(=O)c2cccc(F)c2)CC1. The summed E-state index contributed by atoms with van der Waals surface area (Å²) < 4.78 is 42.0. The molecule has 1 aliphatic carbocycles. The maximum atomic E-state index is 13.4. The van der Waals surface area contributed by atoms with Gasteiger partial charge in [-0.25, -0.2) is 17.5 Å². The number of piperazine rings is 1. The largest absolute Gasteiger partial charge is 0.339 e. The van der Waals surface area contributed by atoms with Crippen LogP contribution in [0.4, 0.5) is 4.39 Å². The van der Waals surface area contributed by atoms with Crippen molar-refractivity contribution in [2.75, 3.05) is 31.9 Å². The van der Waals surface area contributed by atoms with Crippen LogP contribution in [-0.4, -0.2) is 75.7 Å². The van der Waals surface area contributed by atoms with Gasteiger partial charge in [0, 0.05) is 26.2 Å². The molecule has 1 amide bonds. The monoisotopic (exact) mass is 468 g/mol. The molecular formula is C19H25FN6O3S2. The fraction of sp³-hybridized carbons (Fsp3) is 0.579. The summed E-state index contributed by atoms with van der Waals surface area (Å²) in [5.41, 5.74) is 0. The molecule has 168 valence electrons. The second-order valence-electron chi connectivity index (χ2n) is 7.73. The highest BCUT2D eigenvalue weighted by atomic mass is 32.2. The van der Waals surface area contributed by atoms with Crippen LogP contribution in [0.2, 0.25) is 0 Å². The standard InChI is InChI=1S/C19H25FN6O3S2/c20-15-5-4-8-17(13-15)31(28,29)25-11-9-24(10-12-25)18(27)14-30-19-21-22-23-26(19)16-6-2-1-3-7-16/h4-5,8,13,16H,1-3,6-7,9-12,14H2. The van der Waals surface area contributed by atoms with Crippen LogP contribution in [0.1, 0.15) is 38.1 Å². The summed E-state index contributed by atoms with van der Waals surface area (Å²) in [6, 6.07) is 5.26. The van der Waals surface area contributed by atoms with Gasteiger partial charge < -0.3 is 4.90 Å². The third-order valence-corrected chi connectivity index (χ3v) is 8.55. The van der Waals surface area contributed by atoms with Gasteiger partial charge in [0.05, 0.1) is 16.7 Å². The average molecular weight is 469 g/mol. The Balaban J connectivity index is 1.31. The highest BCUT2D eigenvalue weighted by molar-refractivity contribution is 7.99. The van der Waals surface area contributed by atoms with Crippen LogP contribution in [-0.2, 0) is 14.8 Å². The lowest BCUT2D eigenvalue weighted by atomic mass is 9.96. The molecule has 2 heterocycles. The predicted molar refractivity (Wildman–Crippen MR) is 112 cm³/mol. The quantitative estimate of drug-likeness (QED) is 0.597. The first-order valence-electron chi connectivity index (χ1n) is 10.4. The third kappa shape index (κ3) is 5.07. The molecule has 2 aliphatic rings. The molecule has 0 unspecified atom stereocenters. The molecule has 0 bridgehead atoms. The average Bonchev–Trinajstić information content (AvgIpc) is 3.27. The fourth-order valence-electron chi connectivity index (χ4n) is 4.01. The van der Waals surface area contributed by atoms with Crippen molar-refractivity contribution in [1.82, 2.24) is 29.4 Å². The zero-order chi connectivity index (χ0) is 21.8. The third-order valence-electron chi connectivity index (χ3n) is 5.73. The number of amides is 1. The van der Waals surface area contributed by atoms with Crippen molar-refractivity contribution in [1.29, 1.82) is 0 Å². The number of carbonyl (C=O) groups excluding carboxylic acids is 1. The predicted octanol–water partition coefficient (Wildman–Crippen LogP) is 1.94. The van der Waals surface area contributed by atoms with E-state index < -0.39 is 15.8 Å². The lowest BCUT2D eigenvalue weighted by Crippen LogP contribution is -2.51. The normalized spacial score (nSPS) is 18.9. The molecule has 0 N–H and O–H groups in total. The maximum Gasteiger partial charge on any atom is 0.243 e. The number of aromatic nitrogens is 4. The van der Waals surface area contributed by atoms with Crippen LogP contribution >= 0.6 is 11.8 Å². The van der Waals surface area contributed by atoms with Crippen LogP contribution in [0.15, 0.2) is 34.3 Å². The molecule has 0 spiro atoms. The van der Waals surface area contributed by atoms with Gasteiger partial charge in [-0.3, -0.25) is 4.79 Å². The van der Waals surface area contributed by atoms with Gasteiger partial charge in [0.25, 0.3) is 0 Å². The van der Waals surface area contributed by atoms with E-state index in [0.717, 1.165) is 31.7 Å². The molecule has 1 aromatic heterocycles. The molecule has 12 heteroatoms. The van der Waals surface area contributed by atoms with E-state index in [1.807, 2.05) is 4.68 Å². The highest BCUT2D eigenvalue weighted by Crippen LogP contribution is 2.30. The van der Waals surface area contributed by atoms with Crippen LogP contribution in [0, 0.1) is 5.82 Å². The molecule has 2 fully saturated rings. The molecule has 1 saturated heterocycles. The van der Waals surface area contributed by atoms with Crippen LogP contribution in [0.3, 0.4) is 0 Å². The van der Waals surface area contributed by atoms with Gasteiger partial charge in [-0.15, -0.1) is 5.10 Å². The molecular weight excluding hydrogens is 443 g/mol. The smallest absolute Gasteiger partial charge is 0.243 e. The Kier molecular flexibility index (Phi) is 6.87. The highest BCUT2D eigenvalue weighted by Gasteiger charge is 2.30. The number of nitrogens with zero attached hydrogens (tertiary/aromatic N) is 6. The van der Waals surface area contributed by atoms with E-state index in [2.05, 4.69) is 15.5 Å². The van der Waals surface area contributed by atoms with Gasteiger partial charge in [-0.1, -0.05) is 37.1 Å². The minimum Gasteiger partial charge on any atom is -0.339 e. The Bertz CT molecular complexity index is 1020. The molecule has 1 aliphatic heterocycles. The molecule has 4 rings (SSSR count). The summed E-state index contributed by atoms with van der Waals surface area (Å²) in [6.45, 7) is 0.938. The first-order valence-corrected chi connectivity index (χ1v) is 12.8. The van der Waals surface area contributed by atoms with Gasteiger partial charge in [0.2, 0.25) is 21.1 Å². The van der Waals surface area contributed by atoms with Gasteiger partial charge in [-0.05, 0) is 41.5 Å².